The van der Waals surface area contributed by atoms with Crippen molar-refractivity contribution in [2.24, 2.45) is 0 Å². The number of benzene rings is 1. The highest BCUT2D eigenvalue weighted by Crippen LogP contribution is 2.21. The van der Waals surface area contributed by atoms with Gasteiger partial charge in [0.15, 0.2) is 0 Å². The molecule has 1 aromatic carbocycles. The fourth-order valence-corrected chi connectivity index (χ4v) is 2.40. The molecule has 0 radical (unpaired) electrons. The molecule has 0 amide bonds. The van der Waals surface area contributed by atoms with Crippen molar-refractivity contribution >= 4 is 17.4 Å². The van der Waals surface area contributed by atoms with Crippen molar-refractivity contribution in [3.63, 3.8) is 0 Å². The first-order valence-corrected chi connectivity index (χ1v) is 7.75. The molecule has 24 heavy (non-hydrogen) atoms. The zero-order valence-corrected chi connectivity index (χ0v) is 13.6. The van der Waals surface area contributed by atoms with E-state index in [1.54, 1.807) is 24.5 Å². The Labute approximate surface area is 144 Å². The molecule has 3 aromatic rings. The zero-order valence-electron chi connectivity index (χ0n) is 12.8. The number of aromatic nitrogens is 2. The molecule has 0 saturated heterocycles. The Bertz CT molecular complexity index is 845. The third kappa shape index (κ3) is 4.18. The number of nitrogens with zero attached hydrogens (tertiary/aromatic N) is 2. The normalized spacial score (nSPS) is 10.4. The van der Waals surface area contributed by atoms with Gasteiger partial charge in [-0.15, -0.1) is 0 Å². The van der Waals surface area contributed by atoms with E-state index in [9.17, 15) is 4.39 Å². The maximum Gasteiger partial charge on any atom is 0.130 e. The highest BCUT2D eigenvalue weighted by Gasteiger charge is 2.03. The van der Waals surface area contributed by atoms with E-state index < -0.39 is 0 Å². The number of hydrogen-bond acceptors (Lipinski definition) is 3. The predicted molar refractivity (Wildman–Crippen MR) is 95.3 cm³/mol. The fraction of sp³-hybridized carbons (Fsp3) is 0.0526. The molecule has 0 spiro atoms. The van der Waals surface area contributed by atoms with E-state index in [4.69, 9.17) is 11.6 Å². The molecule has 0 atom stereocenters. The van der Waals surface area contributed by atoms with Gasteiger partial charge >= 0.3 is 0 Å². The number of pyridine rings is 2. The molecule has 0 aliphatic heterocycles. The van der Waals surface area contributed by atoms with Crippen LogP contribution >= 0.6 is 11.6 Å². The Morgan fingerprint density at radius 3 is 2.58 bits per heavy atom. The van der Waals surface area contributed by atoms with Crippen LogP contribution in [0.4, 0.5) is 10.2 Å². The average molecular weight is 340 g/mol. The van der Waals surface area contributed by atoms with Crippen molar-refractivity contribution < 1.29 is 4.39 Å². The highest BCUT2D eigenvalue weighted by molar-refractivity contribution is 6.29. The Kier molecular flexibility index (Phi) is 4.87. The molecule has 0 unspecified atom stereocenters. The standard InChI is InChI=1S/C19H15ClFN3/c1-13(9-14-5-7-18(20)22-11-14)24-19-8-6-16(12-23-19)15-3-2-4-17(21)10-15/h2-8,10-12H,1,9H2,(H,23,24). The van der Waals surface area contributed by atoms with Crippen LogP contribution in [0.5, 0.6) is 0 Å². The smallest absolute Gasteiger partial charge is 0.130 e. The van der Waals surface area contributed by atoms with Crippen LogP contribution in [-0.2, 0) is 6.42 Å². The first kappa shape index (κ1) is 16.1. The Hall–Kier alpha value is -2.72. The number of anilines is 1. The number of allylic oxidation sites excluding steroid dienone is 1. The van der Waals surface area contributed by atoms with Crippen LogP contribution in [-0.4, -0.2) is 9.97 Å². The second-order valence-electron chi connectivity index (χ2n) is 5.34. The molecule has 120 valence electrons. The van der Waals surface area contributed by atoms with Crippen molar-refractivity contribution in [3.05, 3.63) is 89.7 Å². The minimum Gasteiger partial charge on any atom is -0.344 e. The zero-order chi connectivity index (χ0) is 16.9. The predicted octanol–water partition coefficient (Wildman–Crippen LogP) is 5.10. The van der Waals surface area contributed by atoms with E-state index in [0.29, 0.717) is 17.4 Å². The van der Waals surface area contributed by atoms with Crippen LogP contribution in [0.2, 0.25) is 5.15 Å². The Morgan fingerprint density at radius 1 is 1.04 bits per heavy atom. The third-order valence-electron chi connectivity index (χ3n) is 3.43. The average Bonchev–Trinajstić information content (AvgIpc) is 2.58. The summed E-state index contributed by atoms with van der Waals surface area (Å²) >= 11 is 5.77. The summed E-state index contributed by atoms with van der Waals surface area (Å²) in [5, 5.41) is 3.62. The lowest BCUT2D eigenvalue weighted by molar-refractivity contribution is 0.628. The van der Waals surface area contributed by atoms with E-state index >= 15 is 0 Å². The molecule has 0 aliphatic rings. The lowest BCUT2D eigenvalue weighted by Crippen LogP contribution is -2.03. The van der Waals surface area contributed by atoms with Gasteiger partial charge in [-0.3, -0.25) is 0 Å². The summed E-state index contributed by atoms with van der Waals surface area (Å²) in [6, 6.07) is 13.8. The minimum absolute atomic E-state index is 0.264. The molecule has 3 rings (SSSR count). The first-order chi connectivity index (χ1) is 11.6. The molecule has 0 fully saturated rings. The molecule has 0 saturated carbocycles. The van der Waals surface area contributed by atoms with Crippen LogP contribution in [0.25, 0.3) is 11.1 Å². The monoisotopic (exact) mass is 339 g/mol. The van der Waals surface area contributed by atoms with Crippen LogP contribution in [0.15, 0.2) is 73.2 Å². The topological polar surface area (TPSA) is 37.8 Å². The summed E-state index contributed by atoms with van der Waals surface area (Å²) in [7, 11) is 0. The van der Waals surface area contributed by atoms with Crippen LogP contribution < -0.4 is 5.32 Å². The van der Waals surface area contributed by atoms with Gasteiger partial charge in [-0.05, 0) is 41.5 Å². The summed E-state index contributed by atoms with van der Waals surface area (Å²) in [6.07, 6.45) is 4.04. The van der Waals surface area contributed by atoms with E-state index in [1.165, 1.54) is 12.1 Å². The molecular weight excluding hydrogens is 325 g/mol. The molecule has 0 bridgehead atoms. The van der Waals surface area contributed by atoms with Gasteiger partial charge < -0.3 is 5.32 Å². The van der Waals surface area contributed by atoms with Gasteiger partial charge in [0.25, 0.3) is 0 Å². The van der Waals surface area contributed by atoms with E-state index in [0.717, 1.165) is 22.4 Å². The van der Waals surface area contributed by atoms with Crippen LogP contribution in [0, 0.1) is 5.82 Å². The molecule has 0 aliphatic carbocycles. The van der Waals surface area contributed by atoms with Gasteiger partial charge in [0.05, 0.1) is 0 Å². The number of nitrogens with one attached hydrogen (secondary N) is 1. The van der Waals surface area contributed by atoms with Crippen LogP contribution in [0.3, 0.4) is 0 Å². The third-order valence-corrected chi connectivity index (χ3v) is 3.66. The summed E-state index contributed by atoms with van der Waals surface area (Å²) in [4.78, 5) is 8.39. The lowest BCUT2D eigenvalue weighted by atomic mass is 10.1. The van der Waals surface area contributed by atoms with Crippen LogP contribution in [0.1, 0.15) is 5.56 Å². The summed E-state index contributed by atoms with van der Waals surface area (Å²) < 4.78 is 13.3. The van der Waals surface area contributed by atoms with Gasteiger partial charge in [-0.25, -0.2) is 14.4 Å². The lowest BCUT2D eigenvalue weighted by Gasteiger charge is -2.10. The van der Waals surface area contributed by atoms with Gasteiger partial charge in [-0.2, -0.15) is 0 Å². The number of rotatable bonds is 5. The largest absolute Gasteiger partial charge is 0.344 e. The number of halogens is 2. The van der Waals surface area contributed by atoms with Crippen molar-refractivity contribution in [2.75, 3.05) is 5.32 Å². The van der Waals surface area contributed by atoms with Crippen molar-refractivity contribution in [1.82, 2.24) is 9.97 Å². The second-order valence-corrected chi connectivity index (χ2v) is 5.72. The van der Waals surface area contributed by atoms with Gasteiger partial charge in [0, 0.05) is 30.1 Å². The maximum atomic E-state index is 13.3. The van der Waals surface area contributed by atoms with E-state index in [2.05, 4.69) is 21.9 Å². The molecule has 3 nitrogen and oxygen atoms in total. The maximum absolute atomic E-state index is 13.3. The van der Waals surface area contributed by atoms with Gasteiger partial charge in [-0.1, -0.05) is 36.4 Å². The van der Waals surface area contributed by atoms with Gasteiger partial charge in [0.2, 0.25) is 0 Å². The van der Waals surface area contributed by atoms with E-state index in [1.807, 2.05) is 24.3 Å². The SMILES string of the molecule is C=C(Cc1ccc(Cl)nc1)Nc1ccc(-c2cccc(F)c2)cn1. The summed E-state index contributed by atoms with van der Waals surface area (Å²) in [6.45, 7) is 4.00. The molecule has 2 aromatic heterocycles. The molecular formula is C19H15ClFN3. The van der Waals surface area contributed by atoms with E-state index in [-0.39, 0.29) is 5.82 Å². The molecule has 1 N–H and O–H groups in total. The second kappa shape index (κ2) is 7.23. The Balaban J connectivity index is 1.65. The minimum atomic E-state index is -0.264. The quantitative estimate of drug-likeness (QED) is 0.657. The molecule has 5 heteroatoms. The fourth-order valence-electron chi connectivity index (χ4n) is 2.29. The van der Waals surface area contributed by atoms with Gasteiger partial charge in [0.1, 0.15) is 16.8 Å². The highest BCUT2D eigenvalue weighted by atomic mass is 35.5. The van der Waals surface area contributed by atoms with Crippen molar-refractivity contribution in [1.29, 1.82) is 0 Å². The summed E-state index contributed by atoms with van der Waals surface area (Å²) in [5.74, 6) is 0.418. The Morgan fingerprint density at radius 2 is 1.92 bits per heavy atom. The van der Waals surface area contributed by atoms with Crippen molar-refractivity contribution in [2.45, 2.75) is 6.42 Å². The van der Waals surface area contributed by atoms with Crippen molar-refractivity contribution in [3.8, 4) is 11.1 Å². The number of hydrogen-bond donors (Lipinski definition) is 1. The summed E-state index contributed by atoms with van der Waals surface area (Å²) in [5.41, 5.74) is 3.45. The first-order valence-electron chi connectivity index (χ1n) is 7.37. The molecule has 2 heterocycles.